The lowest BCUT2D eigenvalue weighted by Crippen LogP contribution is -2.42. The average Bonchev–Trinajstić information content (AvgIpc) is 3.01. The summed E-state index contributed by atoms with van der Waals surface area (Å²) in [6.07, 6.45) is 7.99. The monoisotopic (exact) mass is 460 g/mol. The van der Waals surface area contributed by atoms with Crippen LogP contribution in [0.3, 0.4) is 0 Å². The Labute approximate surface area is 195 Å². The second-order valence-corrected chi connectivity index (χ2v) is 10.9. The molecule has 0 aliphatic heterocycles. The predicted octanol–water partition coefficient (Wildman–Crippen LogP) is 4.55. The van der Waals surface area contributed by atoms with Crippen molar-refractivity contribution in [2.75, 3.05) is 7.11 Å². The van der Waals surface area contributed by atoms with E-state index in [1.54, 1.807) is 12.1 Å². The number of aliphatic hydroxyl groups is 2. The minimum Gasteiger partial charge on any atom is -0.465 e. The van der Waals surface area contributed by atoms with E-state index in [-0.39, 0.29) is 40.9 Å². The van der Waals surface area contributed by atoms with Crippen molar-refractivity contribution in [3.8, 4) is 0 Å². The third kappa shape index (κ3) is 5.83. The molecular formula is C26H36O5S. The molecule has 1 aromatic carbocycles. The molecule has 2 aliphatic rings. The van der Waals surface area contributed by atoms with Crippen molar-refractivity contribution in [1.82, 2.24) is 0 Å². The fourth-order valence-electron chi connectivity index (χ4n) is 5.08. The van der Waals surface area contributed by atoms with Gasteiger partial charge in [-0.15, -0.1) is 11.8 Å². The molecule has 4 atom stereocenters. The Morgan fingerprint density at radius 3 is 2.53 bits per heavy atom. The molecule has 2 aliphatic carbocycles. The number of Topliss-reactive ketones (excluding diaryl/α,β-unsaturated/α-hetero) is 1. The van der Waals surface area contributed by atoms with Gasteiger partial charge in [0.25, 0.3) is 0 Å². The van der Waals surface area contributed by atoms with Gasteiger partial charge in [0.2, 0.25) is 0 Å². The van der Waals surface area contributed by atoms with Gasteiger partial charge in [0.05, 0.1) is 30.1 Å². The lowest BCUT2D eigenvalue weighted by atomic mass is 9.60. The normalized spacial score (nSPS) is 25.8. The van der Waals surface area contributed by atoms with E-state index in [4.69, 9.17) is 4.74 Å². The first-order valence-corrected chi connectivity index (χ1v) is 12.6. The van der Waals surface area contributed by atoms with Crippen LogP contribution >= 0.6 is 11.8 Å². The molecule has 5 nitrogen and oxygen atoms in total. The smallest absolute Gasteiger partial charge is 0.337 e. The number of thioether (sulfide) groups is 1. The highest BCUT2D eigenvalue weighted by Crippen LogP contribution is 2.49. The number of hydrogen-bond acceptors (Lipinski definition) is 6. The zero-order valence-corrected chi connectivity index (χ0v) is 20.1. The van der Waals surface area contributed by atoms with Crippen LogP contribution in [-0.2, 0) is 15.3 Å². The van der Waals surface area contributed by atoms with Gasteiger partial charge in [-0.3, -0.25) is 4.79 Å². The number of hydrogen-bond donors (Lipinski definition) is 2. The summed E-state index contributed by atoms with van der Waals surface area (Å²) < 4.78 is 4.72. The zero-order valence-electron chi connectivity index (χ0n) is 19.3. The van der Waals surface area contributed by atoms with Crippen molar-refractivity contribution < 1.29 is 24.5 Å². The quantitative estimate of drug-likeness (QED) is 0.394. The summed E-state index contributed by atoms with van der Waals surface area (Å²) in [6, 6.07) is 7.17. The highest BCUT2D eigenvalue weighted by atomic mass is 32.2. The minimum atomic E-state index is -0.677. The number of ketones is 1. The van der Waals surface area contributed by atoms with Crippen molar-refractivity contribution in [2.24, 2.45) is 17.3 Å². The lowest BCUT2D eigenvalue weighted by Gasteiger charge is -2.46. The molecule has 32 heavy (non-hydrogen) atoms. The molecule has 0 aromatic heterocycles. The van der Waals surface area contributed by atoms with E-state index >= 15 is 0 Å². The number of rotatable bonds is 10. The van der Waals surface area contributed by atoms with E-state index < -0.39 is 6.10 Å². The summed E-state index contributed by atoms with van der Waals surface area (Å²) in [5, 5.41) is 21.0. The summed E-state index contributed by atoms with van der Waals surface area (Å²) >= 11 is 1.53. The first kappa shape index (κ1) is 25.0. The Hall–Kier alpha value is -1.63. The molecule has 2 saturated carbocycles. The first-order chi connectivity index (χ1) is 15.3. The number of aliphatic hydroxyl groups excluding tert-OH is 2. The van der Waals surface area contributed by atoms with Gasteiger partial charge in [0, 0.05) is 18.1 Å². The van der Waals surface area contributed by atoms with Crippen molar-refractivity contribution in [1.29, 1.82) is 0 Å². The maximum Gasteiger partial charge on any atom is 0.337 e. The van der Waals surface area contributed by atoms with Crippen LogP contribution in [0.5, 0.6) is 0 Å². The third-order valence-corrected chi connectivity index (χ3v) is 8.35. The molecule has 0 radical (unpaired) electrons. The fourth-order valence-corrected chi connectivity index (χ4v) is 6.42. The molecule has 3 unspecified atom stereocenters. The van der Waals surface area contributed by atoms with Crippen LogP contribution < -0.4 is 0 Å². The molecule has 2 fully saturated rings. The second-order valence-electron chi connectivity index (χ2n) is 9.73. The van der Waals surface area contributed by atoms with Gasteiger partial charge in [-0.25, -0.2) is 4.79 Å². The number of benzene rings is 1. The summed E-state index contributed by atoms with van der Waals surface area (Å²) in [5.41, 5.74) is 1.54. The van der Waals surface area contributed by atoms with Crippen LogP contribution in [0.4, 0.5) is 0 Å². The summed E-state index contributed by atoms with van der Waals surface area (Å²) in [6.45, 7) is 4.40. The molecule has 6 heteroatoms. The van der Waals surface area contributed by atoms with Gasteiger partial charge in [0.15, 0.2) is 0 Å². The Kier molecular flexibility index (Phi) is 8.59. The van der Waals surface area contributed by atoms with Crippen LogP contribution in [0.1, 0.15) is 68.3 Å². The number of carbonyl (C=O) groups is 2. The van der Waals surface area contributed by atoms with E-state index in [1.807, 2.05) is 24.3 Å². The SMILES string of the molecule is COC(=O)c1ccc(CSC2C(=O)CC(O)[C@@H]2/C=C/CC(O)C2(CC(C)C)CCC2)cc1. The molecule has 0 spiro atoms. The van der Waals surface area contributed by atoms with Crippen molar-refractivity contribution >= 4 is 23.5 Å². The molecule has 2 N–H and O–H groups in total. The van der Waals surface area contributed by atoms with E-state index in [9.17, 15) is 19.8 Å². The van der Waals surface area contributed by atoms with E-state index in [0.717, 1.165) is 24.8 Å². The Morgan fingerprint density at radius 2 is 1.97 bits per heavy atom. The van der Waals surface area contributed by atoms with Crippen LogP contribution in [0, 0.1) is 17.3 Å². The van der Waals surface area contributed by atoms with E-state index in [0.29, 0.717) is 23.7 Å². The van der Waals surface area contributed by atoms with Gasteiger partial charge < -0.3 is 14.9 Å². The van der Waals surface area contributed by atoms with Crippen LogP contribution in [0.15, 0.2) is 36.4 Å². The van der Waals surface area contributed by atoms with Crippen molar-refractivity contribution in [3.05, 3.63) is 47.5 Å². The summed E-state index contributed by atoms with van der Waals surface area (Å²) in [5.74, 6) is 0.638. The highest BCUT2D eigenvalue weighted by Gasteiger charge is 2.43. The van der Waals surface area contributed by atoms with E-state index in [2.05, 4.69) is 13.8 Å². The Balaban J connectivity index is 1.58. The van der Waals surface area contributed by atoms with Gasteiger partial charge in [-0.1, -0.05) is 44.6 Å². The molecule has 0 bridgehead atoms. The molecule has 1 aromatic rings. The topological polar surface area (TPSA) is 83.8 Å². The number of carbonyl (C=O) groups excluding carboxylic acids is 2. The average molecular weight is 461 g/mol. The number of ether oxygens (including phenoxy) is 1. The fraction of sp³-hybridized carbons (Fsp3) is 0.615. The summed E-state index contributed by atoms with van der Waals surface area (Å²) in [4.78, 5) is 24.1. The molecule has 0 amide bonds. The molecule has 0 heterocycles. The molecule has 176 valence electrons. The van der Waals surface area contributed by atoms with Gasteiger partial charge in [-0.05, 0) is 54.7 Å². The Morgan fingerprint density at radius 1 is 1.28 bits per heavy atom. The Bertz CT molecular complexity index is 812. The standard InChI is InChI=1S/C26H36O5S/c1-17(2)15-26(12-5-13-26)23(29)7-4-6-20-21(27)14-22(28)24(20)32-16-18-8-10-19(11-9-18)25(30)31-3/h4,6,8-11,17,20-21,23-24,27,29H,5,7,12-16H2,1-3H3/b6-4+/t20-,21?,23?,24?/m0/s1. The van der Waals surface area contributed by atoms with Crippen LogP contribution in [0.25, 0.3) is 0 Å². The van der Waals surface area contributed by atoms with E-state index in [1.165, 1.54) is 25.3 Å². The number of methoxy groups -OCH3 is 1. The predicted molar refractivity (Wildman–Crippen MR) is 127 cm³/mol. The number of esters is 1. The largest absolute Gasteiger partial charge is 0.465 e. The lowest BCUT2D eigenvalue weighted by molar-refractivity contribution is -0.117. The highest BCUT2D eigenvalue weighted by molar-refractivity contribution is 7.99. The van der Waals surface area contributed by atoms with Crippen LogP contribution in [-0.4, -0.2) is 46.5 Å². The van der Waals surface area contributed by atoms with Gasteiger partial charge >= 0.3 is 5.97 Å². The maximum atomic E-state index is 12.5. The maximum absolute atomic E-state index is 12.5. The summed E-state index contributed by atoms with van der Waals surface area (Å²) in [7, 11) is 1.35. The first-order valence-electron chi connectivity index (χ1n) is 11.6. The van der Waals surface area contributed by atoms with Gasteiger partial charge in [-0.2, -0.15) is 0 Å². The second kappa shape index (κ2) is 11.0. The molecule has 0 saturated heterocycles. The molecule has 3 rings (SSSR count). The zero-order chi connectivity index (χ0) is 23.3. The third-order valence-electron chi connectivity index (χ3n) is 6.91. The van der Waals surface area contributed by atoms with Crippen LogP contribution in [0.2, 0.25) is 0 Å². The van der Waals surface area contributed by atoms with Gasteiger partial charge in [0.1, 0.15) is 5.78 Å². The van der Waals surface area contributed by atoms with Crippen molar-refractivity contribution in [3.63, 3.8) is 0 Å². The minimum absolute atomic E-state index is 0.0349. The van der Waals surface area contributed by atoms with Crippen molar-refractivity contribution in [2.45, 2.75) is 75.6 Å². The molecular weight excluding hydrogens is 424 g/mol.